The van der Waals surface area contributed by atoms with Crippen molar-refractivity contribution in [2.45, 2.75) is 50.7 Å². The quantitative estimate of drug-likeness (QED) is 0.728. The van der Waals surface area contributed by atoms with Gasteiger partial charge < -0.3 is 15.5 Å². The molecule has 2 aliphatic heterocycles. The van der Waals surface area contributed by atoms with Gasteiger partial charge in [0, 0.05) is 19.1 Å². The number of nitrogens with one attached hydrogen (secondary N) is 2. The molecule has 0 saturated carbocycles. The van der Waals surface area contributed by atoms with E-state index < -0.39 is 0 Å². The van der Waals surface area contributed by atoms with Gasteiger partial charge >= 0.3 is 0 Å². The summed E-state index contributed by atoms with van der Waals surface area (Å²) in [6.45, 7) is 4.42. The van der Waals surface area contributed by atoms with Crippen LogP contribution in [-0.2, 0) is 4.79 Å². The number of hydrogen-bond acceptors (Lipinski definition) is 3. The van der Waals surface area contributed by atoms with Crippen molar-refractivity contribution < 1.29 is 4.79 Å². The van der Waals surface area contributed by atoms with E-state index in [4.69, 9.17) is 0 Å². The highest BCUT2D eigenvalue weighted by Gasteiger charge is 2.32. The molecule has 0 aromatic rings. The number of likely N-dealkylation sites (N-methyl/N-ethyl adjacent to an activating group) is 1. The highest BCUT2D eigenvalue weighted by atomic mass is 16.2. The van der Waals surface area contributed by atoms with E-state index >= 15 is 0 Å². The van der Waals surface area contributed by atoms with Crippen LogP contribution in [0.15, 0.2) is 0 Å². The lowest BCUT2D eigenvalue weighted by molar-refractivity contribution is -0.122. The molecule has 92 valence electrons. The molecule has 0 aliphatic carbocycles. The smallest absolute Gasteiger partial charge is 0.236 e. The van der Waals surface area contributed by atoms with E-state index in [0.717, 1.165) is 6.04 Å². The minimum atomic E-state index is -0.0667. The summed E-state index contributed by atoms with van der Waals surface area (Å²) in [5, 5.41) is 6.13. The van der Waals surface area contributed by atoms with Gasteiger partial charge in [-0.15, -0.1) is 0 Å². The maximum atomic E-state index is 11.4. The highest BCUT2D eigenvalue weighted by molar-refractivity contribution is 5.80. The zero-order valence-corrected chi connectivity index (χ0v) is 10.3. The third kappa shape index (κ3) is 2.55. The number of rotatable bonds is 3. The molecule has 0 aromatic carbocycles. The molecule has 3 atom stereocenters. The van der Waals surface area contributed by atoms with Crippen LogP contribution in [0.5, 0.6) is 0 Å². The van der Waals surface area contributed by atoms with E-state index in [1.807, 2.05) is 6.92 Å². The van der Waals surface area contributed by atoms with Crippen LogP contribution in [0.3, 0.4) is 0 Å². The van der Waals surface area contributed by atoms with E-state index in [-0.39, 0.29) is 11.9 Å². The maximum absolute atomic E-state index is 11.4. The molecule has 4 heteroatoms. The number of piperidine rings is 1. The second-order valence-corrected chi connectivity index (χ2v) is 5.06. The Morgan fingerprint density at radius 3 is 2.94 bits per heavy atom. The van der Waals surface area contributed by atoms with Crippen molar-refractivity contribution in [2.75, 3.05) is 20.1 Å². The predicted molar refractivity (Wildman–Crippen MR) is 64.3 cm³/mol. The summed E-state index contributed by atoms with van der Waals surface area (Å²) in [7, 11) is 1.69. The van der Waals surface area contributed by atoms with Gasteiger partial charge in [0.15, 0.2) is 0 Å². The third-order valence-corrected chi connectivity index (χ3v) is 3.95. The van der Waals surface area contributed by atoms with Gasteiger partial charge in [-0.25, -0.2) is 0 Å². The first-order chi connectivity index (χ1) is 7.70. The third-order valence-electron chi connectivity index (χ3n) is 3.95. The van der Waals surface area contributed by atoms with Crippen LogP contribution in [0.4, 0.5) is 0 Å². The fourth-order valence-electron chi connectivity index (χ4n) is 3.02. The minimum Gasteiger partial charge on any atom is -0.358 e. The highest BCUT2D eigenvalue weighted by Crippen LogP contribution is 2.26. The summed E-state index contributed by atoms with van der Waals surface area (Å²) in [5.74, 6) is 0.0915. The normalized spacial score (nSPS) is 32.1. The molecule has 0 spiro atoms. The molecule has 0 aromatic heterocycles. The number of hydrogen-bond donors (Lipinski definition) is 2. The van der Waals surface area contributed by atoms with Crippen molar-refractivity contribution in [3.05, 3.63) is 0 Å². The first kappa shape index (κ1) is 11.9. The van der Waals surface area contributed by atoms with Gasteiger partial charge in [-0.1, -0.05) is 0 Å². The van der Waals surface area contributed by atoms with Gasteiger partial charge in [-0.05, 0) is 45.7 Å². The molecule has 4 nitrogen and oxygen atoms in total. The topological polar surface area (TPSA) is 44.4 Å². The molecule has 2 heterocycles. The zero-order chi connectivity index (χ0) is 11.5. The van der Waals surface area contributed by atoms with E-state index in [9.17, 15) is 4.79 Å². The molecule has 2 N–H and O–H groups in total. The summed E-state index contributed by atoms with van der Waals surface area (Å²) in [4.78, 5) is 14.0. The monoisotopic (exact) mass is 225 g/mol. The van der Waals surface area contributed by atoms with E-state index in [1.54, 1.807) is 7.05 Å². The summed E-state index contributed by atoms with van der Waals surface area (Å²) < 4.78 is 0. The maximum Gasteiger partial charge on any atom is 0.236 e. The largest absolute Gasteiger partial charge is 0.358 e. The van der Waals surface area contributed by atoms with Crippen LogP contribution in [-0.4, -0.2) is 49.1 Å². The number of carbonyl (C=O) groups is 1. The average Bonchev–Trinajstić information content (AvgIpc) is 2.75. The van der Waals surface area contributed by atoms with Crippen molar-refractivity contribution in [3.63, 3.8) is 0 Å². The first-order valence-corrected chi connectivity index (χ1v) is 6.42. The number of fused-ring (bicyclic) bond motifs is 1. The standard InChI is InChI=1S/C12H23N3O/c1-9(12(16)13-2)14-10-5-7-15-6-3-4-11(15)8-10/h9-11,14H,3-8H2,1-2H3,(H,13,16). The number of nitrogens with zero attached hydrogens (tertiary/aromatic N) is 1. The Kier molecular flexibility index (Phi) is 3.82. The lowest BCUT2D eigenvalue weighted by Gasteiger charge is -2.36. The number of amides is 1. The molecule has 0 bridgehead atoms. The van der Waals surface area contributed by atoms with Gasteiger partial charge in [0.2, 0.25) is 5.91 Å². The Morgan fingerprint density at radius 2 is 2.19 bits per heavy atom. The lowest BCUT2D eigenvalue weighted by atomic mass is 9.97. The van der Waals surface area contributed by atoms with Gasteiger partial charge in [0.1, 0.15) is 0 Å². The Hall–Kier alpha value is -0.610. The second-order valence-electron chi connectivity index (χ2n) is 5.06. The fraction of sp³-hybridized carbons (Fsp3) is 0.917. The SMILES string of the molecule is CNC(=O)C(C)NC1CCN2CCCC2C1. The molecular formula is C12H23N3O. The molecule has 2 fully saturated rings. The summed E-state index contributed by atoms with van der Waals surface area (Å²) in [6, 6.07) is 1.22. The van der Waals surface area contributed by atoms with Crippen LogP contribution in [0, 0.1) is 0 Å². The summed E-state index contributed by atoms with van der Waals surface area (Å²) >= 11 is 0. The van der Waals surface area contributed by atoms with Crippen molar-refractivity contribution in [1.29, 1.82) is 0 Å². The Bertz CT molecular complexity index is 257. The van der Waals surface area contributed by atoms with Gasteiger partial charge in [0.05, 0.1) is 6.04 Å². The predicted octanol–water partition coefficient (Wildman–Crippen LogP) is 0.337. The van der Waals surface area contributed by atoms with Crippen LogP contribution in [0.2, 0.25) is 0 Å². The van der Waals surface area contributed by atoms with E-state index in [0.29, 0.717) is 6.04 Å². The van der Waals surface area contributed by atoms with E-state index in [1.165, 1.54) is 38.8 Å². The average molecular weight is 225 g/mol. The van der Waals surface area contributed by atoms with Gasteiger partial charge in [-0.3, -0.25) is 4.79 Å². The van der Waals surface area contributed by atoms with Gasteiger partial charge in [-0.2, -0.15) is 0 Å². The first-order valence-electron chi connectivity index (χ1n) is 6.42. The minimum absolute atomic E-state index is 0.0667. The summed E-state index contributed by atoms with van der Waals surface area (Å²) in [6.07, 6.45) is 5.08. The van der Waals surface area contributed by atoms with Crippen LogP contribution in [0.25, 0.3) is 0 Å². The summed E-state index contributed by atoms with van der Waals surface area (Å²) in [5.41, 5.74) is 0. The molecule has 1 amide bonds. The van der Waals surface area contributed by atoms with Crippen LogP contribution in [0.1, 0.15) is 32.6 Å². The number of carbonyl (C=O) groups excluding carboxylic acids is 1. The van der Waals surface area contributed by atoms with Crippen LogP contribution < -0.4 is 10.6 Å². The van der Waals surface area contributed by atoms with Crippen molar-refractivity contribution in [1.82, 2.24) is 15.5 Å². The van der Waals surface area contributed by atoms with E-state index in [2.05, 4.69) is 15.5 Å². The van der Waals surface area contributed by atoms with Gasteiger partial charge in [0.25, 0.3) is 0 Å². The molecule has 2 saturated heterocycles. The molecule has 3 unspecified atom stereocenters. The van der Waals surface area contributed by atoms with Crippen molar-refractivity contribution in [3.8, 4) is 0 Å². The van der Waals surface area contributed by atoms with Crippen molar-refractivity contribution >= 4 is 5.91 Å². The fourth-order valence-corrected chi connectivity index (χ4v) is 3.02. The molecule has 2 rings (SSSR count). The molecule has 2 aliphatic rings. The lowest BCUT2D eigenvalue weighted by Crippen LogP contribution is -2.51. The Balaban J connectivity index is 1.80. The second kappa shape index (κ2) is 5.15. The zero-order valence-electron chi connectivity index (χ0n) is 10.3. The van der Waals surface area contributed by atoms with Crippen molar-refractivity contribution in [2.24, 2.45) is 0 Å². The molecule has 16 heavy (non-hydrogen) atoms. The Morgan fingerprint density at radius 1 is 1.38 bits per heavy atom. The molecular weight excluding hydrogens is 202 g/mol. The Labute approximate surface area is 97.8 Å². The van der Waals surface area contributed by atoms with Crippen LogP contribution >= 0.6 is 0 Å². The molecule has 0 radical (unpaired) electrons.